The first-order valence-corrected chi connectivity index (χ1v) is 5.09. The molecule has 0 aliphatic heterocycles. The van der Waals surface area contributed by atoms with E-state index < -0.39 is 0 Å². The van der Waals surface area contributed by atoms with Crippen LogP contribution >= 0.6 is 0 Å². The van der Waals surface area contributed by atoms with E-state index in [1.807, 2.05) is 26.1 Å². The predicted molar refractivity (Wildman–Crippen MR) is 62.9 cm³/mol. The number of nitrogens with one attached hydrogen (secondary N) is 1. The third-order valence-electron chi connectivity index (χ3n) is 2.40. The molecular weight excluding hydrogens is 202 g/mol. The van der Waals surface area contributed by atoms with Gasteiger partial charge in [0.2, 0.25) is 5.78 Å². The first-order chi connectivity index (χ1) is 7.70. The molecule has 0 fully saturated rings. The lowest BCUT2D eigenvalue weighted by atomic mass is 10.1. The second-order valence-electron chi connectivity index (χ2n) is 3.57. The van der Waals surface area contributed by atoms with Gasteiger partial charge in [-0.25, -0.2) is 0 Å². The quantitative estimate of drug-likeness (QED) is 0.800. The summed E-state index contributed by atoms with van der Waals surface area (Å²) in [6, 6.07) is 10.8. The smallest absolute Gasteiger partial charge is 0.228 e. The van der Waals surface area contributed by atoms with Gasteiger partial charge in [-0.05, 0) is 43.3 Å². The molecule has 0 amide bonds. The Morgan fingerprint density at radius 2 is 1.81 bits per heavy atom. The lowest BCUT2D eigenvalue weighted by Crippen LogP contribution is -1.99. The van der Waals surface area contributed by atoms with Gasteiger partial charge in [-0.3, -0.25) is 4.79 Å². The lowest BCUT2D eigenvalue weighted by molar-refractivity contribution is 0.101. The number of rotatable bonds is 3. The second-order valence-corrected chi connectivity index (χ2v) is 3.57. The lowest BCUT2D eigenvalue weighted by Gasteiger charge is -2.01. The molecule has 0 saturated heterocycles. The van der Waals surface area contributed by atoms with Crippen LogP contribution in [0.5, 0.6) is 0 Å². The van der Waals surface area contributed by atoms with E-state index in [0.717, 1.165) is 11.4 Å². The zero-order chi connectivity index (χ0) is 11.5. The summed E-state index contributed by atoms with van der Waals surface area (Å²) in [4.78, 5) is 11.9. The van der Waals surface area contributed by atoms with E-state index in [0.29, 0.717) is 11.3 Å². The third kappa shape index (κ3) is 1.98. The molecule has 1 aromatic carbocycles. The molecule has 0 spiro atoms. The summed E-state index contributed by atoms with van der Waals surface area (Å²) in [7, 11) is 1.84. The van der Waals surface area contributed by atoms with Crippen molar-refractivity contribution in [2.75, 3.05) is 12.4 Å². The van der Waals surface area contributed by atoms with Gasteiger partial charge < -0.3 is 9.73 Å². The fourth-order valence-corrected chi connectivity index (χ4v) is 1.49. The molecule has 0 bridgehead atoms. The van der Waals surface area contributed by atoms with Crippen LogP contribution in [0, 0.1) is 6.92 Å². The van der Waals surface area contributed by atoms with Crippen LogP contribution in [0.1, 0.15) is 21.9 Å². The van der Waals surface area contributed by atoms with Gasteiger partial charge in [-0.2, -0.15) is 0 Å². The first kappa shape index (κ1) is 10.5. The summed E-state index contributed by atoms with van der Waals surface area (Å²) in [6.07, 6.45) is 0. The number of carbonyl (C=O) groups is 1. The molecule has 3 heteroatoms. The fourth-order valence-electron chi connectivity index (χ4n) is 1.49. The van der Waals surface area contributed by atoms with E-state index in [2.05, 4.69) is 5.32 Å². The summed E-state index contributed by atoms with van der Waals surface area (Å²) in [5, 5.41) is 3.00. The largest absolute Gasteiger partial charge is 0.458 e. The molecular formula is C13H13NO2. The summed E-state index contributed by atoms with van der Waals surface area (Å²) in [5.41, 5.74) is 1.61. The van der Waals surface area contributed by atoms with Crippen LogP contribution < -0.4 is 5.32 Å². The van der Waals surface area contributed by atoms with Gasteiger partial charge in [-0.15, -0.1) is 0 Å². The maximum absolute atomic E-state index is 11.9. The molecule has 0 atom stereocenters. The van der Waals surface area contributed by atoms with Gasteiger partial charge in [0.1, 0.15) is 5.76 Å². The van der Waals surface area contributed by atoms with Gasteiger partial charge in [-0.1, -0.05) is 0 Å². The van der Waals surface area contributed by atoms with Crippen LogP contribution in [0.4, 0.5) is 5.69 Å². The molecule has 3 nitrogen and oxygen atoms in total. The highest BCUT2D eigenvalue weighted by molar-refractivity contribution is 6.07. The topological polar surface area (TPSA) is 42.2 Å². The summed E-state index contributed by atoms with van der Waals surface area (Å²) in [6.45, 7) is 1.82. The number of furan rings is 1. The Morgan fingerprint density at radius 3 is 2.31 bits per heavy atom. The summed E-state index contributed by atoms with van der Waals surface area (Å²) in [5.74, 6) is 1.04. The SMILES string of the molecule is CNc1ccc(C(=O)c2ccc(C)o2)cc1. The van der Waals surface area contributed by atoms with E-state index in [9.17, 15) is 4.79 Å². The second kappa shape index (κ2) is 4.23. The number of anilines is 1. The fraction of sp³-hybridized carbons (Fsp3) is 0.154. The number of hydrogen-bond acceptors (Lipinski definition) is 3. The molecule has 2 aromatic rings. The normalized spacial score (nSPS) is 10.1. The molecule has 0 aliphatic carbocycles. The maximum Gasteiger partial charge on any atom is 0.228 e. The van der Waals surface area contributed by atoms with E-state index >= 15 is 0 Å². The van der Waals surface area contributed by atoms with Crippen molar-refractivity contribution in [1.29, 1.82) is 0 Å². The van der Waals surface area contributed by atoms with Crippen LogP contribution in [0.15, 0.2) is 40.8 Å². The van der Waals surface area contributed by atoms with E-state index in [1.54, 1.807) is 24.3 Å². The van der Waals surface area contributed by atoms with Crippen molar-refractivity contribution in [2.45, 2.75) is 6.92 Å². The Bertz CT molecular complexity index is 497. The average Bonchev–Trinajstić information content (AvgIpc) is 2.75. The van der Waals surface area contributed by atoms with Gasteiger partial charge in [0.15, 0.2) is 5.76 Å². The third-order valence-corrected chi connectivity index (χ3v) is 2.40. The van der Waals surface area contributed by atoms with Crippen molar-refractivity contribution in [3.8, 4) is 0 Å². The van der Waals surface area contributed by atoms with Gasteiger partial charge >= 0.3 is 0 Å². The van der Waals surface area contributed by atoms with Crippen LogP contribution in [-0.4, -0.2) is 12.8 Å². The van der Waals surface area contributed by atoms with Crippen molar-refractivity contribution in [2.24, 2.45) is 0 Å². The number of ketones is 1. The van der Waals surface area contributed by atoms with Crippen molar-refractivity contribution in [1.82, 2.24) is 0 Å². The van der Waals surface area contributed by atoms with Crippen molar-refractivity contribution in [3.05, 3.63) is 53.5 Å². The van der Waals surface area contributed by atoms with Gasteiger partial charge in [0.05, 0.1) is 0 Å². The molecule has 1 N–H and O–H groups in total. The molecule has 2 rings (SSSR count). The van der Waals surface area contributed by atoms with Crippen molar-refractivity contribution < 1.29 is 9.21 Å². The van der Waals surface area contributed by atoms with Gasteiger partial charge in [0, 0.05) is 18.3 Å². The maximum atomic E-state index is 11.9. The van der Waals surface area contributed by atoms with Crippen LogP contribution in [0.2, 0.25) is 0 Å². The summed E-state index contributed by atoms with van der Waals surface area (Å²) >= 11 is 0. The van der Waals surface area contributed by atoms with Crippen LogP contribution in [0.25, 0.3) is 0 Å². The minimum atomic E-state index is -0.0873. The number of hydrogen-bond donors (Lipinski definition) is 1. The summed E-state index contributed by atoms with van der Waals surface area (Å²) < 4.78 is 5.29. The highest BCUT2D eigenvalue weighted by Crippen LogP contribution is 2.15. The zero-order valence-corrected chi connectivity index (χ0v) is 9.28. The van der Waals surface area contributed by atoms with E-state index in [-0.39, 0.29) is 5.78 Å². The molecule has 0 aliphatic rings. The number of benzene rings is 1. The standard InChI is InChI=1S/C13H13NO2/c1-9-3-8-12(16-9)13(15)10-4-6-11(14-2)7-5-10/h3-8,14H,1-2H3. The van der Waals surface area contributed by atoms with Crippen LogP contribution in [0.3, 0.4) is 0 Å². The van der Waals surface area contributed by atoms with Crippen molar-refractivity contribution >= 4 is 11.5 Å². The predicted octanol–water partition coefficient (Wildman–Crippen LogP) is 2.86. The average molecular weight is 215 g/mol. The number of carbonyl (C=O) groups excluding carboxylic acids is 1. The van der Waals surface area contributed by atoms with E-state index in [4.69, 9.17) is 4.42 Å². The minimum absolute atomic E-state index is 0.0873. The molecule has 16 heavy (non-hydrogen) atoms. The van der Waals surface area contributed by atoms with Gasteiger partial charge in [0.25, 0.3) is 0 Å². The first-order valence-electron chi connectivity index (χ1n) is 5.09. The minimum Gasteiger partial charge on any atom is -0.458 e. The molecule has 82 valence electrons. The highest BCUT2D eigenvalue weighted by atomic mass is 16.3. The number of aryl methyl sites for hydroxylation is 1. The Kier molecular flexibility index (Phi) is 2.77. The zero-order valence-electron chi connectivity index (χ0n) is 9.28. The molecule has 0 radical (unpaired) electrons. The highest BCUT2D eigenvalue weighted by Gasteiger charge is 2.12. The monoisotopic (exact) mass is 215 g/mol. The Labute approximate surface area is 94.1 Å². The Morgan fingerprint density at radius 1 is 1.12 bits per heavy atom. The molecule has 1 aromatic heterocycles. The molecule has 0 unspecified atom stereocenters. The Balaban J connectivity index is 2.27. The Hall–Kier alpha value is -2.03. The van der Waals surface area contributed by atoms with Crippen molar-refractivity contribution in [3.63, 3.8) is 0 Å². The van der Waals surface area contributed by atoms with Crippen LogP contribution in [-0.2, 0) is 0 Å². The molecule has 0 saturated carbocycles. The molecule has 1 heterocycles. The van der Waals surface area contributed by atoms with E-state index in [1.165, 1.54) is 0 Å².